The Hall–Kier alpha value is -1.88. The molecular formula is C13H12ClN3O2. The number of rotatable bonds is 2. The van der Waals surface area contributed by atoms with Gasteiger partial charge in [0.25, 0.3) is 0 Å². The zero-order valence-electron chi connectivity index (χ0n) is 10.3. The molecule has 0 aliphatic carbocycles. The summed E-state index contributed by atoms with van der Waals surface area (Å²) in [5.41, 5.74) is 0.841. The van der Waals surface area contributed by atoms with Gasteiger partial charge in [0.05, 0.1) is 5.92 Å². The maximum Gasteiger partial charge on any atom is 0.232 e. The fourth-order valence-electron chi connectivity index (χ4n) is 2.22. The van der Waals surface area contributed by atoms with Crippen molar-refractivity contribution in [3.8, 4) is 0 Å². The highest BCUT2D eigenvalue weighted by atomic mass is 35.5. The van der Waals surface area contributed by atoms with Gasteiger partial charge in [-0.05, 0) is 31.2 Å². The molecule has 1 aromatic heterocycles. The molecule has 1 aromatic carbocycles. The van der Waals surface area contributed by atoms with E-state index in [1.165, 1.54) is 0 Å². The van der Waals surface area contributed by atoms with Crippen molar-refractivity contribution < 1.29 is 9.32 Å². The molecule has 2 heterocycles. The van der Waals surface area contributed by atoms with Crippen LogP contribution in [0.25, 0.3) is 0 Å². The summed E-state index contributed by atoms with van der Waals surface area (Å²) in [5.74, 6) is 1.14. The molecule has 5 nitrogen and oxygen atoms in total. The van der Waals surface area contributed by atoms with Crippen molar-refractivity contribution in [1.29, 1.82) is 0 Å². The van der Waals surface area contributed by atoms with E-state index >= 15 is 0 Å². The average Bonchev–Trinajstić information content (AvgIpc) is 2.97. The number of carbonyl (C=O) groups excluding carboxylic acids is 1. The maximum atomic E-state index is 12.1. The quantitative estimate of drug-likeness (QED) is 0.846. The largest absolute Gasteiger partial charge is 0.339 e. The lowest BCUT2D eigenvalue weighted by Gasteiger charge is -2.15. The van der Waals surface area contributed by atoms with Crippen LogP contribution in [-0.2, 0) is 4.79 Å². The Kier molecular flexibility index (Phi) is 2.98. The molecule has 0 bridgehead atoms. The van der Waals surface area contributed by atoms with E-state index in [4.69, 9.17) is 16.1 Å². The normalized spacial score (nSPS) is 19.2. The summed E-state index contributed by atoms with van der Waals surface area (Å²) >= 11 is 5.85. The zero-order chi connectivity index (χ0) is 13.4. The first-order chi connectivity index (χ1) is 9.13. The lowest BCUT2D eigenvalue weighted by atomic mass is 10.1. The second kappa shape index (κ2) is 4.66. The van der Waals surface area contributed by atoms with Gasteiger partial charge < -0.3 is 9.42 Å². The highest BCUT2D eigenvalue weighted by Crippen LogP contribution is 2.31. The Morgan fingerprint density at radius 1 is 1.37 bits per heavy atom. The summed E-state index contributed by atoms with van der Waals surface area (Å²) in [7, 11) is 0. The molecule has 98 valence electrons. The Morgan fingerprint density at radius 3 is 2.74 bits per heavy atom. The van der Waals surface area contributed by atoms with E-state index in [1.807, 2.05) is 12.1 Å². The minimum atomic E-state index is -0.0376. The van der Waals surface area contributed by atoms with Crippen LogP contribution in [0.4, 0.5) is 5.69 Å². The molecule has 0 spiro atoms. The summed E-state index contributed by atoms with van der Waals surface area (Å²) < 4.78 is 5.14. The van der Waals surface area contributed by atoms with Gasteiger partial charge in [-0.25, -0.2) is 0 Å². The third-order valence-corrected chi connectivity index (χ3v) is 3.41. The number of aromatic nitrogens is 2. The number of carbonyl (C=O) groups is 1. The van der Waals surface area contributed by atoms with Gasteiger partial charge in [0.1, 0.15) is 0 Å². The first-order valence-electron chi connectivity index (χ1n) is 5.99. The standard InChI is InChI=1S/C13H12ClN3O2/c1-8-15-13(19-16-8)9-6-12(18)17(7-9)11-4-2-10(14)3-5-11/h2-5,9H,6-7H2,1H3/t9-/m0/s1. The summed E-state index contributed by atoms with van der Waals surface area (Å²) in [5, 5.41) is 4.41. The molecule has 3 rings (SSSR count). The third kappa shape index (κ3) is 2.33. The fraction of sp³-hybridized carbons (Fsp3) is 0.308. The molecule has 6 heteroatoms. The average molecular weight is 278 g/mol. The predicted molar refractivity (Wildman–Crippen MR) is 70.2 cm³/mol. The van der Waals surface area contributed by atoms with E-state index in [0.29, 0.717) is 29.7 Å². The molecule has 0 radical (unpaired) electrons. The Morgan fingerprint density at radius 2 is 2.11 bits per heavy atom. The minimum Gasteiger partial charge on any atom is -0.339 e. The highest BCUT2D eigenvalue weighted by Gasteiger charge is 2.34. The lowest BCUT2D eigenvalue weighted by molar-refractivity contribution is -0.117. The van der Waals surface area contributed by atoms with Gasteiger partial charge in [0.2, 0.25) is 11.8 Å². The molecule has 1 amide bonds. The highest BCUT2D eigenvalue weighted by molar-refractivity contribution is 6.30. The summed E-state index contributed by atoms with van der Waals surface area (Å²) in [4.78, 5) is 18.0. The molecule has 2 aromatic rings. The van der Waals surface area contributed by atoms with Gasteiger partial charge in [-0.15, -0.1) is 0 Å². The fourth-order valence-corrected chi connectivity index (χ4v) is 2.35. The van der Waals surface area contributed by atoms with Crippen LogP contribution in [0, 0.1) is 6.92 Å². The van der Waals surface area contributed by atoms with Crippen LogP contribution in [0.1, 0.15) is 24.1 Å². The molecule has 1 aliphatic heterocycles. The van der Waals surface area contributed by atoms with Crippen LogP contribution in [0.15, 0.2) is 28.8 Å². The molecule has 0 unspecified atom stereocenters. The van der Waals surface area contributed by atoms with Gasteiger partial charge in [-0.1, -0.05) is 16.8 Å². The van der Waals surface area contributed by atoms with Crippen LogP contribution < -0.4 is 4.90 Å². The van der Waals surface area contributed by atoms with Crippen molar-refractivity contribution in [2.24, 2.45) is 0 Å². The van der Waals surface area contributed by atoms with Crippen LogP contribution in [0.5, 0.6) is 0 Å². The molecule has 1 aliphatic rings. The monoisotopic (exact) mass is 277 g/mol. The summed E-state index contributed by atoms with van der Waals surface area (Å²) in [6.07, 6.45) is 0.393. The SMILES string of the molecule is Cc1noc([C@H]2CC(=O)N(c3ccc(Cl)cc3)C2)n1. The molecule has 19 heavy (non-hydrogen) atoms. The van der Waals surface area contributed by atoms with E-state index < -0.39 is 0 Å². The van der Waals surface area contributed by atoms with Crippen LogP contribution in [-0.4, -0.2) is 22.6 Å². The number of hydrogen-bond donors (Lipinski definition) is 0. The van der Waals surface area contributed by atoms with Gasteiger partial charge in [-0.3, -0.25) is 4.79 Å². The van der Waals surface area contributed by atoms with Gasteiger partial charge >= 0.3 is 0 Å². The summed E-state index contributed by atoms with van der Waals surface area (Å²) in [6.45, 7) is 2.32. The Labute approximate surface area is 115 Å². The van der Waals surface area contributed by atoms with E-state index in [9.17, 15) is 4.79 Å². The smallest absolute Gasteiger partial charge is 0.232 e. The third-order valence-electron chi connectivity index (χ3n) is 3.16. The Bertz CT molecular complexity index is 609. The van der Waals surface area contributed by atoms with E-state index in [1.54, 1.807) is 24.0 Å². The Balaban J connectivity index is 1.82. The second-order valence-electron chi connectivity index (χ2n) is 4.56. The van der Waals surface area contributed by atoms with Crippen LogP contribution in [0.3, 0.4) is 0 Å². The molecule has 1 fully saturated rings. The lowest BCUT2D eigenvalue weighted by Crippen LogP contribution is -2.24. The maximum absolute atomic E-state index is 12.1. The molecule has 1 atom stereocenters. The van der Waals surface area contributed by atoms with E-state index in [2.05, 4.69) is 10.1 Å². The number of halogens is 1. The van der Waals surface area contributed by atoms with E-state index in [-0.39, 0.29) is 11.8 Å². The number of benzene rings is 1. The molecular weight excluding hydrogens is 266 g/mol. The molecule has 0 N–H and O–H groups in total. The molecule has 0 saturated carbocycles. The van der Waals surface area contributed by atoms with Crippen molar-refractivity contribution >= 4 is 23.2 Å². The van der Waals surface area contributed by atoms with E-state index in [0.717, 1.165) is 5.69 Å². The topological polar surface area (TPSA) is 59.2 Å². The van der Waals surface area contributed by atoms with Gasteiger partial charge in [0, 0.05) is 23.7 Å². The van der Waals surface area contributed by atoms with Crippen molar-refractivity contribution in [2.75, 3.05) is 11.4 Å². The second-order valence-corrected chi connectivity index (χ2v) is 5.00. The molecule has 1 saturated heterocycles. The first-order valence-corrected chi connectivity index (χ1v) is 6.37. The number of anilines is 1. The van der Waals surface area contributed by atoms with Gasteiger partial charge in [-0.2, -0.15) is 4.98 Å². The number of hydrogen-bond acceptors (Lipinski definition) is 4. The predicted octanol–water partition coefficient (Wildman–Crippen LogP) is 2.55. The zero-order valence-corrected chi connectivity index (χ0v) is 11.1. The van der Waals surface area contributed by atoms with Crippen molar-refractivity contribution in [2.45, 2.75) is 19.3 Å². The van der Waals surface area contributed by atoms with Crippen molar-refractivity contribution in [3.05, 3.63) is 41.0 Å². The van der Waals surface area contributed by atoms with Crippen LogP contribution in [0.2, 0.25) is 5.02 Å². The van der Waals surface area contributed by atoms with Crippen molar-refractivity contribution in [1.82, 2.24) is 10.1 Å². The van der Waals surface area contributed by atoms with Crippen LogP contribution >= 0.6 is 11.6 Å². The number of amides is 1. The minimum absolute atomic E-state index is 0.0376. The van der Waals surface area contributed by atoms with Gasteiger partial charge in [0.15, 0.2) is 5.82 Å². The summed E-state index contributed by atoms with van der Waals surface area (Å²) in [6, 6.07) is 7.21. The number of aryl methyl sites for hydroxylation is 1. The van der Waals surface area contributed by atoms with Crippen molar-refractivity contribution in [3.63, 3.8) is 0 Å². The first kappa shape index (κ1) is 12.2. The number of nitrogens with zero attached hydrogens (tertiary/aromatic N) is 3.